The Hall–Kier alpha value is -3.90. The van der Waals surface area contributed by atoms with E-state index in [0.717, 1.165) is 27.9 Å². The molecule has 1 aromatic heterocycles. The summed E-state index contributed by atoms with van der Waals surface area (Å²) in [5.74, 6) is -1.23. The monoisotopic (exact) mass is 496 g/mol. The summed E-state index contributed by atoms with van der Waals surface area (Å²) in [6.45, 7) is 4.62. The molecule has 0 radical (unpaired) electrons. The molecular weight excluding hydrogens is 464 g/mol. The van der Waals surface area contributed by atoms with Crippen LogP contribution >= 0.6 is 0 Å². The SMILES string of the molecule is CCOC(=O)C1C(c2ccccc2)c2c(OCc3ccccc3)nn(Cc3ccccc3)c2CC1(C)O. The number of hydrogen-bond acceptors (Lipinski definition) is 5. The topological polar surface area (TPSA) is 73.6 Å². The van der Waals surface area contributed by atoms with Crippen LogP contribution in [0.5, 0.6) is 5.88 Å². The molecule has 0 spiro atoms. The highest BCUT2D eigenvalue weighted by molar-refractivity contribution is 5.77. The zero-order chi connectivity index (χ0) is 25.8. The predicted octanol–water partition coefficient (Wildman–Crippen LogP) is 5.13. The second-order valence-electron chi connectivity index (χ2n) is 9.74. The van der Waals surface area contributed by atoms with Crippen molar-refractivity contribution in [2.75, 3.05) is 6.61 Å². The van der Waals surface area contributed by atoms with Gasteiger partial charge in [-0.2, -0.15) is 0 Å². The Labute approximate surface area is 217 Å². The van der Waals surface area contributed by atoms with Gasteiger partial charge in [0.1, 0.15) is 6.61 Å². The van der Waals surface area contributed by atoms with E-state index in [1.807, 2.05) is 83.5 Å². The average Bonchev–Trinajstić information content (AvgIpc) is 3.23. The highest BCUT2D eigenvalue weighted by Gasteiger charge is 2.52. The van der Waals surface area contributed by atoms with Gasteiger partial charge in [0.2, 0.25) is 5.88 Å². The molecular formula is C31H32N2O4. The van der Waals surface area contributed by atoms with E-state index in [1.54, 1.807) is 13.8 Å². The van der Waals surface area contributed by atoms with Crippen LogP contribution < -0.4 is 4.74 Å². The summed E-state index contributed by atoms with van der Waals surface area (Å²) in [7, 11) is 0. The molecule has 0 bridgehead atoms. The fourth-order valence-corrected chi connectivity index (χ4v) is 5.32. The Morgan fingerprint density at radius 1 is 0.973 bits per heavy atom. The van der Waals surface area contributed by atoms with Crippen molar-refractivity contribution in [3.63, 3.8) is 0 Å². The molecule has 0 saturated heterocycles. The first-order chi connectivity index (χ1) is 18.0. The number of aromatic nitrogens is 2. The Bertz CT molecular complexity index is 1330. The molecule has 0 fully saturated rings. The van der Waals surface area contributed by atoms with Crippen molar-refractivity contribution in [3.8, 4) is 5.88 Å². The van der Waals surface area contributed by atoms with E-state index in [1.165, 1.54) is 0 Å². The lowest BCUT2D eigenvalue weighted by Gasteiger charge is -2.41. The Kier molecular flexibility index (Phi) is 7.10. The van der Waals surface area contributed by atoms with Gasteiger partial charge in [0.25, 0.3) is 0 Å². The lowest BCUT2D eigenvalue weighted by molar-refractivity contribution is -0.159. The van der Waals surface area contributed by atoms with Gasteiger partial charge in [-0.15, -0.1) is 5.10 Å². The molecule has 1 heterocycles. The number of hydrogen-bond donors (Lipinski definition) is 1. The Balaban J connectivity index is 1.66. The predicted molar refractivity (Wildman–Crippen MR) is 141 cm³/mol. The van der Waals surface area contributed by atoms with Gasteiger partial charge in [0.15, 0.2) is 0 Å². The highest BCUT2D eigenvalue weighted by atomic mass is 16.5. The van der Waals surface area contributed by atoms with E-state index >= 15 is 0 Å². The molecule has 1 aliphatic carbocycles. The summed E-state index contributed by atoms with van der Waals surface area (Å²) in [6.07, 6.45) is 0.254. The molecule has 5 rings (SSSR count). The smallest absolute Gasteiger partial charge is 0.312 e. The quantitative estimate of drug-likeness (QED) is 0.343. The molecule has 6 heteroatoms. The minimum atomic E-state index is -1.34. The van der Waals surface area contributed by atoms with Gasteiger partial charge >= 0.3 is 5.97 Å². The van der Waals surface area contributed by atoms with Crippen molar-refractivity contribution >= 4 is 5.97 Å². The van der Waals surface area contributed by atoms with Gasteiger partial charge in [-0.3, -0.25) is 9.48 Å². The van der Waals surface area contributed by atoms with Gasteiger partial charge in [0.05, 0.1) is 24.7 Å². The first kappa shape index (κ1) is 24.8. The maximum Gasteiger partial charge on any atom is 0.312 e. The standard InChI is InChI=1S/C31H32N2O4/c1-3-36-30(34)28-26(24-17-11-6-12-18-24)27-25(19-31(28,2)35)33(20-22-13-7-4-8-14-22)32-29(27)37-21-23-15-9-5-10-16-23/h4-18,26,28,35H,3,19-21H2,1-2H3. The number of rotatable bonds is 8. The molecule has 6 nitrogen and oxygen atoms in total. The summed E-state index contributed by atoms with van der Waals surface area (Å²) in [5, 5.41) is 16.6. The molecule has 3 aromatic carbocycles. The molecule has 4 aromatic rings. The van der Waals surface area contributed by atoms with Crippen molar-refractivity contribution in [1.82, 2.24) is 9.78 Å². The first-order valence-electron chi connectivity index (χ1n) is 12.7. The highest BCUT2D eigenvalue weighted by Crippen LogP contribution is 2.49. The summed E-state index contributed by atoms with van der Waals surface area (Å²) in [5.41, 5.74) is 3.38. The first-order valence-corrected chi connectivity index (χ1v) is 12.7. The van der Waals surface area contributed by atoms with Crippen molar-refractivity contribution in [2.24, 2.45) is 5.92 Å². The molecule has 0 amide bonds. The molecule has 0 saturated carbocycles. The summed E-state index contributed by atoms with van der Waals surface area (Å²) in [6, 6.07) is 29.8. The van der Waals surface area contributed by atoms with Gasteiger partial charge in [0, 0.05) is 23.6 Å². The van der Waals surface area contributed by atoms with Crippen LogP contribution in [0.25, 0.3) is 0 Å². The molecule has 37 heavy (non-hydrogen) atoms. The number of carbonyl (C=O) groups is 1. The van der Waals surface area contributed by atoms with Crippen LogP contribution in [0.3, 0.4) is 0 Å². The van der Waals surface area contributed by atoms with Crippen LogP contribution in [0.15, 0.2) is 91.0 Å². The van der Waals surface area contributed by atoms with E-state index in [4.69, 9.17) is 14.6 Å². The van der Waals surface area contributed by atoms with Crippen LogP contribution in [-0.2, 0) is 29.1 Å². The Morgan fingerprint density at radius 2 is 1.57 bits per heavy atom. The van der Waals surface area contributed by atoms with Crippen molar-refractivity contribution in [3.05, 3.63) is 119 Å². The number of ether oxygens (including phenoxy) is 2. The molecule has 190 valence electrons. The van der Waals surface area contributed by atoms with E-state index in [2.05, 4.69) is 12.1 Å². The largest absolute Gasteiger partial charge is 0.472 e. The Morgan fingerprint density at radius 3 is 2.19 bits per heavy atom. The van der Waals surface area contributed by atoms with Gasteiger partial charge in [-0.25, -0.2) is 0 Å². The number of nitrogens with zero attached hydrogens (tertiary/aromatic N) is 2. The van der Waals surface area contributed by atoms with Crippen LogP contribution in [0.2, 0.25) is 0 Å². The maximum absolute atomic E-state index is 13.3. The van der Waals surface area contributed by atoms with Crippen LogP contribution in [-0.4, -0.2) is 33.1 Å². The molecule has 1 aliphatic rings. The lowest BCUT2D eigenvalue weighted by atomic mass is 9.66. The summed E-state index contributed by atoms with van der Waals surface area (Å²) < 4.78 is 13.8. The minimum Gasteiger partial charge on any atom is -0.472 e. The van der Waals surface area contributed by atoms with Gasteiger partial charge < -0.3 is 14.6 Å². The fourth-order valence-electron chi connectivity index (χ4n) is 5.32. The third-order valence-electron chi connectivity index (χ3n) is 7.00. The second kappa shape index (κ2) is 10.6. The molecule has 1 N–H and O–H groups in total. The average molecular weight is 497 g/mol. The normalized spacial score (nSPS) is 20.7. The van der Waals surface area contributed by atoms with Crippen LogP contribution in [0.4, 0.5) is 0 Å². The minimum absolute atomic E-state index is 0.240. The van der Waals surface area contributed by atoms with E-state index in [0.29, 0.717) is 19.0 Å². The van der Waals surface area contributed by atoms with Crippen molar-refractivity contribution in [1.29, 1.82) is 0 Å². The van der Waals surface area contributed by atoms with Crippen molar-refractivity contribution in [2.45, 2.75) is 44.9 Å². The number of carbonyl (C=O) groups excluding carboxylic acids is 1. The summed E-state index contributed by atoms with van der Waals surface area (Å²) >= 11 is 0. The molecule has 0 aliphatic heterocycles. The third kappa shape index (κ3) is 5.16. The zero-order valence-corrected chi connectivity index (χ0v) is 21.2. The van der Waals surface area contributed by atoms with Crippen LogP contribution in [0.1, 0.15) is 47.7 Å². The fraction of sp³-hybridized carbons (Fsp3) is 0.290. The number of aliphatic hydroxyl groups is 1. The molecule has 3 atom stereocenters. The summed E-state index contributed by atoms with van der Waals surface area (Å²) in [4.78, 5) is 13.3. The third-order valence-corrected chi connectivity index (χ3v) is 7.00. The van der Waals surface area contributed by atoms with Crippen LogP contribution in [0, 0.1) is 5.92 Å². The van der Waals surface area contributed by atoms with Gasteiger partial charge in [-0.05, 0) is 30.5 Å². The number of esters is 1. The van der Waals surface area contributed by atoms with E-state index in [-0.39, 0.29) is 13.0 Å². The lowest BCUT2D eigenvalue weighted by Crippen LogP contribution is -2.49. The van der Waals surface area contributed by atoms with E-state index < -0.39 is 23.4 Å². The van der Waals surface area contributed by atoms with Gasteiger partial charge in [-0.1, -0.05) is 91.0 Å². The number of fused-ring (bicyclic) bond motifs is 1. The second-order valence-corrected chi connectivity index (χ2v) is 9.74. The van der Waals surface area contributed by atoms with Crippen molar-refractivity contribution < 1.29 is 19.4 Å². The van der Waals surface area contributed by atoms with E-state index in [9.17, 15) is 9.90 Å². The zero-order valence-electron chi connectivity index (χ0n) is 21.2. The maximum atomic E-state index is 13.3. The number of benzene rings is 3. The molecule has 3 unspecified atom stereocenters.